The Balaban J connectivity index is 2.98. The summed E-state index contributed by atoms with van der Waals surface area (Å²) in [6.07, 6.45) is 0.360. The summed E-state index contributed by atoms with van der Waals surface area (Å²) in [7, 11) is 0. The van der Waals surface area contributed by atoms with Gasteiger partial charge in [-0.1, -0.05) is 13.0 Å². The molecule has 3 N–H and O–H groups in total. The van der Waals surface area contributed by atoms with Crippen LogP contribution in [0.1, 0.15) is 23.7 Å². The molecule has 100 valence electrons. The minimum Gasteiger partial charge on any atom is -0.394 e. The highest BCUT2D eigenvalue weighted by atomic mass is 79.9. The van der Waals surface area contributed by atoms with Crippen molar-refractivity contribution < 1.29 is 19.4 Å². The van der Waals surface area contributed by atoms with Crippen molar-refractivity contribution in [1.82, 2.24) is 5.32 Å². The average molecular weight is 320 g/mol. The Labute approximate surface area is 113 Å². The van der Waals surface area contributed by atoms with E-state index in [9.17, 15) is 19.4 Å². The largest absolute Gasteiger partial charge is 0.394 e. The maximum Gasteiger partial charge on any atom is 0.253 e. The van der Waals surface area contributed by atoms with Crippen molar-refractivity contribution in [2.24, 2.45) is 0 Å². The van der Waals surface area contributed by atoms with Crippen molar-refractivity contribution in [1.29, 1.82) is 0 Å². The molecule has 4 nitrogen and oxygen atoms in total. The first-order valence-corrected chi connectivity index (χ1v) is 6.27. The van der Waals surface area contributed by atoms with Crippen LogP contribution in [0.5, 0.6) is 0 Å². The third-order valence-electron chi connectivity index (χ3n) is 2.86. The van der Waals surface area contributed by atoms with E-state index in [1.807, 2.05) is 0 Å². The number of carbonyl (C=O) groups excluding carboxylic acids is 1. The first-order chi connectivity index (χ1) is 8.49. The predicted molar refractivity (Wildman–Crippen MR) is 68.8 cm³/mol. The van der Waals surface area contributed by atoms with Gasteiger partial charge in [0, 0.05) is 0 Å². The van der Waals surface area contributed by atoms with E-state index in [0.29, 0.717) is 6.42 Å². The van der Waals surface area contributed by atoms with Crippen LogP contribution in [-0.4, -0.2) is 34.9 Å². The van der Waals surface area contributed by atoms with Crippen molar-refractivity contribution in [2.75, 3.05) is 13.2 Å². The number of hydrogen-bond donors (Lipinski definition) is 3. The molecule has 1 amide bonds. The SMILES string of the molecule is CCC(CO)(CO)NC(=O)c1cccc(F)c1Br. The lowest BCUT2D eigenvalue weighted by molar-refractivity contribution is 0.0652. The maximum atomic E-state index is 13.3. The Morgan fingerprint density at radius 1 is 1.44 bits per heavy atom. The monoisotopic (exact) mass is 319 g/mol. The molecule has 0 spiro atoms. The molecule has 0 aliphatic carbocycles. The van der Waals surface area contributed by atoms with Crippen LogP contribution in [0.2, 0.25) is 0 Å². The van der Waals surface area contributed by atoms with E-state index in [1.165, 1.54) is 18.2 Å². The van der Waals surface area contributed by atoms with Gasteiger partial charge in [0.2, 0.25) is 0 Å². The lowest BCUT2D eigenvalue weighted by Crippen LogP contribution is -2.53. The van der Waals surface area contributed by atoms with Crippen LogP contribution in [0.15, 0.2) is 22.7 Å². The van der Waals surface area contributed by atoms with E-state index in [0.717, 1.165) is 0 Å². The molecule has 0 bridgehead atoms. The van der Waals surface area contributed by atoms with Crippen molar-refractivity contribution in [3.63, 3.8) is 0 Å². The highest BCUT2D eigenvalue weighted by Gasteiger charge is 2.29. The zero-order valence-electron chi connectivity index (χ0n) is 9.91. The van der Waals surface area contributed by atoms with Gasteiger partial charge in [0.25, 0.3) is 5.91 Å². The Kier molecular flexibility index (Phi) is 5.25. The molecule has 1 rings (SSSR count). The van der Waals surface area contributed by atoms with Crippen LogP contribution in [-0.2, 0) is 0 Å². The number of aliphatic hydroxyl groups is 2. The van der Waals surface area contributed by atoms with E-state index < -0.39 is 30.5 Å². The van der Waals surface area contributed by atoms with E-state index in [1.54, 1.807) is 6.92 Å². The fourth-order valence-electron chi connectivity index (χ4n) is 1.43. The Hall–Kier alpha value is -0.980. The quantitative estimate of drug-likeness (QED) is 0.769. The van der Waals surface area contributed by atoms with Gasteiger partial charge in [0.1, 0.15) is 5.82 Å². The summed E-state index contributed by atoms with van der Waals surface area (Å²) in [5.74, 6) is -1.09. The fourth-order valence-corrected chi connectivity index (χ4v) is 1.87. The summed E-state index contributed by atoms with van der Waals surface area (Å²) in [6.45, 7) is 0.949. The number of amides is 1. The van der Waals surface area contributed by atoms with Gasteiger partial charge in [-0.3, -0.25) is 4.79 Å². The number of carbonyl (C=O) groups is 1. The van der Waals surface area contributed by atoms with Gasteiger partial charge in [-0.05, 0) is 34.5 Å². The van der Waals surface area contributed by atoms with Crippen LogP contribution in [0.4, 0.5) is 4.39 Å². The molecule has 1 aromatic rings. The molecule has 0 saturated heterocycles. The summed E-state index contributed by atoms with van der Waals surface area (Å²) in [4.78, 5) is 12.0. The third-order valence-corrected chi connectivity index (χ3v) is 3.66. The van der Waals surface area contributed by atoms with Crippen LogP contribution >= 0.6 is 15.9 Å². The van der Waals surface area contributed by atoms with Crippen LogP contribution in [0, 0.1) is 5.82 Å². The molecule has 0 aromatic heterocycles. The number of nitrogens with one attached hydrogen (secondary N) is 1. The number of hydrogen-bond acceptors (Lipinski definition) is 3. The van der Waals surface area contributed by atoms with E-state index >= 15 is 0 Å². The second kappa shape index (κ2) is 6.26. The zero-order chi connectivity index (χ0) is 13.8. The highest BCUT2D eigenvalue weighted by molar-refractivity contribution is 9.10. The third kappa shape index (κ3) is 3.07. The standard InChI is InChI=1S/C12H15BrFNO3/c1-2-12(6-16,7-17)15-11(18)8-4-3-5-9(14)10(8)13/h3-5,16-17H,2,6-7H2,1H3,(H,15,18). The minimum absolute atomic E-state index is 0.0587. The molecule has 18 heavy (non-hydrogen) atoms. The van der Waals surface area contributed by atoms with Gasteiger partial charge in [0.05, 0.1) is 28.8 Å². The number of aliphatic hydroxyl groups excluding tert-OH is 2. The lowest BCUT2D eigenvalue weighted by atomic mass is 9.98. The zero-order valence-corrected chi connectivity index (χ0v) is 11.5. The minimum atomic E-state index is -1.09. The molecule has 0 fully saturated rings. The van der Waals surface area contributed by atoms with E-state index in [-0.39, 0.29) is 10.0 Å². The Morgan fingerprint density at radius 2 is 2.06 bits per heavy atom. The van der Waals surface area contributed by atoms with Crippen LogP contribution in [0.25, 0.3) is 0 Å². The molecule has 1 aromatic carbocycles. The van der Waals surface area contributed by atoms with E-state index in [4.69, 9.17) is 0 Å². The summed E-state index contributed by atoms with van der Waals surface area (Å²) < 4.78 is 13.4. The second-order valence-corrected chi connectivity index (χ2v) is 4.80. The van der Waals surface area contributed by atoms with Crippen molar-refractivity contribution >= 4 is 21.8 Å². The lowest BCUT2D eigenvalue weighted by Gasteiger charge is -2.29. The summed E-state index contributed by atoms with van der Waals surface area (Å²) in [5.41, 5.74) is -0.974. The molecular weight excluding hydrogens is 305 g/mol. The highest BCUT2D eigenvalue weighted by Crippen LogP contribution is 2.21. The Bertz CT molecular complexity index is 427. The summed E-state index contributed by atoms with van der Waals surface area (Å²) in [5, 5.41) is 21.0. The maximum absolute atomic E-state index is 13.3. The molecule has 0 heterocycles. The number of benzene rings is 1. The fraction of sp³-hybridized carbons (Fsp3) is 0.417. The summed E-state index contributed by atoms with van der Waals surface area (Å²) in [6, 6.07) is 4.10. The second-order valence-electron chi connectivity index (χ2n) is 4.01. The van der Waals surface area contributed by atoms with Gasteiger partial charge in [-0.15, -0.1) is 0 Å². The topological polar surface area (TPSA) is 69.6 Å². The Morgan fingerprint density at radius 3 is 2.56 bits per heavy atom. The summed E-state index contributed by atoms with van der Waals surface area (Å²) >= 11 is 2.99. The van der Waals surface area contributed by atoms with Crippen molar-refractivity contribution in [3.8, 4) is 0 Å². The van der Waals surface area contributed by atoms with E-state index in [2.05, 4.69) is 21.2 Å². The molecule has 0 saturated carbocycles. The normalized spacial score (nSPS) is 11.4. The molecule has 0 atom stereocenters. The van der Waals surface area contributed by atoms with Gasteiger partial charge in [0.15, 0.2) is 0 Å². The molecule has 0 aliphatic heterocycles. The van der Waals surface area contributed by atoms with Crippen molar-refractivity contribution in [2.45, 2.75) is 18.9 Å². The molecule has 0 unspecified atom stereocenters. The number of halogens is 2. The van der Waals surface area contributed by atoms with Crippen LogP contribution in [0.3, 0.4) is 0 Å². The molecule has 0 radical (unpaired) electrons. The molecule has 6 heteroatoms. The van der Waals surface area contributed by atoms with Crippen LogP contribution < -0.4 is 5.32 Å². The smallest absolute Gasteiger partial charge is 0.253 e. The predicted octanol–water partition coefficient (Wildman–Crippen LogP) is 1.45. The first-order valence-electron chi connectivity index (χ1n) is 5.48. The first kappa shape index (κ1) is 15.1. The van der Waals surface area contributed by atoms with Crippen molar-refractivity contribution in [3.05, 3.63) is 34.1 Å². The average Bonchev–Trinajstić information content (AvgIpc) is 2.39. The molecule has 0 aliphatic rings. The van der Waals surface area contributed by atoms with Gasteiger partial charge in [-0.25, -0.2) is 4.39 Å². The van der Waals surface area contributed by atoms with Gasteiger partial charge in [-0.2, -0.15) is 0 Å². The molecular formula is C12H15BrFNO3. The number of rotatable bonds is 5. The van der Waals surface area contributed by atoms with Gasteiger partial charge >= 0.3 is 0 Å². The van der Waals surface area contributed by atoms with Gasteiger partial charge < -0.3 is 15.5 Å².